The first-order valence-electron chi connectivity index (χ1n) is 12.0. The van der Waals surface area contributed by atoms with Gasteiger partial charge in [0.05, 0.1) is 27.4 Å². The number of methoxy groups -OCH3 is 3. The average Bonchev–Trinajstić information content (AvgIpc) is 2.91. The molecule has 1 aliphatic carbocycles. The van der Waals surface area contributed by atoms with E-state index in [4.69, 9.17) is 23.7 Å². The van der Waals surface area contributed by atoms with E-state index >= 15 is 0 Å². The van der Waals surface area contributed by atoms with E-state index in [0.29, 0.717) is 24.0 Å². The topological polar surface area (TPSA) is 46.2 Å². The van der Waals surface area contributed by atoms with Crippen molar-refractivity contribution in [3.63, 3.8) is 0 Å². The van der Waals surface area contributed by atoms with Gasteiger partial charge in [0, 0.05) is 5.92 Å². The number of hydrogen-bond acceptors (Lipinski definition) is 5. The molecular formula is C29H32O5. The van der Waals surface area contributed by atoms with Gasteiger partial charge in [0.1, 0.15) is 12.7 Å². The van der Waals surface area contributed by atoms with Crippen molar-refractivity contribution >= 4 is 0 Å². The maximum Gasteiger partial charge on any atom is 0.161 e. The van der Waals surface area contributed by atoms with Gasteiger partial charge in [-0.25, -0.2) is 0 Å². The molecule has 0 saturated heterocycles. The fourth-order valence-corrected chi connectivity index (χ4v) is 5.28. The Kier molecular flexibility index (Phi) is 6.63. The SMILES string of the molecule is COc1cc2c(cc1OC)[C@H]1CCCC[C@@H]1O[C@@H]2c1ccc(OCc2ccccc2)c(OC)c1. The van der Waals surface area contributed by atoms with Crippen molar-refractivity contribution in [2.24, 2.45) is 0 Å². The van der Waals surface area contributed by atoms with E-state index in [0.717, 1.165) is 41.0 Å². The van der Waals surface area contributed by atoms with Crippen LogP contribution in [0.3, 0.4) is 0 Å². The summed E-state index contributed by atoms with van der Waals surface area (Å²) in [4.78, 5) is 0. The van der Waals surface area contributed by atoms with Crippen LogP contribution in [0.4, 0.5) is 0 Å². The molecule has 3 aromatic rings. The molecule has 3 aromatic carbocycles. The Morgan fingerprint density at radius 2 is 1.41 bits per heavy atom. The van der Waals surface area contributed by atoms with E-state index in [1.54, 1.807) is 21.3 Å². The normalized spacial score (nSPS) is 21.2. The molecular weight excluding hydrogens is 428 g/mol. The Balaban J connectivity index is 1.50. The molecule has 0 radical (unpaired) electrons. The fraction of sp³-hybridized carbons (Fsp3) is 0.379. The lowest BCUT2D eigenvalue weighted by atomic mass is 9.76. The molecule has 0 N–H and O–H groups in total. The number of hydrogen-bond donors (Lipinski definition) is 0. The number of rotatable bonds is 7. The van der Waals surface area contributed by atoms with Gasteiger partial charge < -0.3 is 23.7 Å². The van der Waals surface area contributed by atoms with E-state index in [-0.39, 0.29) is 12.2 Å². The van der Waals surface area contributed by atoms with Crippen LogP contribution in [0.1, 0.15) is 60.0 Å². The van der Waals surface area contributed by atoms with Crippen LogP contribution in [0.2, 0.25) is 0 Å². The van der Waals surface area contributed by atoms with Gasteiger partial charge in [0.15, 0.2) is 23.0 Å². The van der Waals surface area contributed by atoms with Crippen LogP contribution < -0.4 is 18.9 Å². The van der Waals surface area contributed by atoms with E-state index in [2.05, 4.69) is 30.3 Å². The van der Waals surface area contributed by atoms with Crippen molar-refractivity contribution in [3.8, 4) is 23.0 Å². The molecule has 0 aromatic heterocycles. The molecule has 3 atom stereocenters. The van der Waals surface area contributed by atoms with Crippen molar-refractivity contribution in [2.45, 2.75) is 50.4 Å². The first-order chi connectivity index (χ1) is 16.7. The quantitative estimate of drug-likeness (QED) is 0.406. The predicted octanol–water partition coefficient (Wildman–Crippen LogP) is 6.44. The minimum atomic E-state index is -0.203. The van der Waals surface area contributed by atoms with Gasteiger partial charge in [-0.2, -0.15) is 0 Å². The molecule has 178 valence electrons. The summed E-state index contributed by atoms with van der Waals surface area (Å²) in [6.45, 7) is 0.486. The molecule has 0 amide bonds. The van der Waals surface area contributed by atoms with Crippen molar-refractivity contribution in [1.29, 1.82) is 0 Å². The lowest BCUT2D eigenvalue weighted by Crippen LogP contribution is -2.33. The number of ether oxygens (including phenoxy) is 5. The Labute approximate surface area is 201 Å². The maximum absolute atomic E-state index is 6.75. The maximum atomic E-state index is 6.75. The Hall–Kier alpha value is -3.18. The summed E-state index contributed by atoms with van der Waals surface area (Å²) in [7, 11) is 5.04. The highest BCUT2D eigenvalue weighted by Gasteiger charge is 2.39. The van der Waals surface area contributed by atoms with E-state index < -0.39 is 0 Å². The minimum absolute atomic E-state index is 0.198. The highest BCUT2D eigenvalue weighted by atomic mass is 16.5. The molecule has 2 aliphatic rings. The second kappa shape index (κ2) is 9.98. The monoisotopic (exact) mass is 460 g/mol. The van der Waals surface area contributed by atoms with E-state index in [1.165, 1.54) is 18.4 Å². The van der Waals surface area contributed by atoms with Crippen LogP contribution in [0, 0.1) is 0 Å². The molecule has 1 fully saturated rings. The molecule has 5 nitrogen and oxygen atoms in total. The first-order valence-corrected chi connectivity index (χ1v) is 12.0. The second-order valence-corrected chi connectivity index (χ2v) is 8.97. The van der Waals surface area contributed by atoms with Gasteiger partial charge in [-0.05, 0) is 59.4 Å². The summed E-state index contributed by atoms with van der Waals surface area (Å²) in [5.74, 6) is 3.29. The highest BCUT2D eigenvalue weighted by Crippen LogP contribution is 2.50. The van der Waals surface area contributed by atoms with Gasteiger partial charge in [-0.1, -0.05) is 49.2 Å². The molecule has 1 saturated carbocycles. The molecule has 0 bridgehead atoms. The molecule has 0 unspecified atom stereocenters. The smallest absolute Gasteiger partial charge is 0.161 e. The molecule has 5 rings (SSSR count). The summed E-state index contributed by atoms with van der Waals surface area (Å²) in [5.41, 5.74) is 4.60. The summed E-state index contributed by atoms with van der Waals surface area (Å²) in [5, 5.41) is 0. The molecule has 1 heterocycles. The van der Waals surface area contributed by atoms with Gasteiger partial charge in [-0.15, -0.1) is 0 Å². The fourth-order valence-electron chi connectivity index (χ4n) is 5.28. The third-order valence-corrected chi connectivity index (χ3v) is 7.01. The van der Waals surface area contributed by atoms with Crippen LogP contribution in [-0.2, 0) is 11.3 Å². The van der Waals surface area contributed by atoms with Crippen molar-refractivity contribution in [3.05, 3.63) is 82.9 Å². The average molecular weight is 461 g/mol. The van der Waals surface area contributed by atoms with E-state index in [1.807, 2.05) is 30.3 Å². The van der Waals surface area contributed by atoms with Gasteiger partial charge in [0.2, 0.25) is 0 Å². The Bertz CT molecular complexity index is 1130. The van der Waals surface area contributed by atoms with Gasteiger partial charge in [-0.3, -0.25) is 0 Å². The van der Waals surface area contributed by atoms with Crippen molar-refractivity contribution in [1.82, 2.24) is 0 Å². The first kappa shape index (κ1) is 22.6. The van der Waals surface area contributed by atoms with Gasteiger partial charge in [0.25, 0.3) is 0 Å². The van der Waals surface area contributed by atoms with Gasteiger partial charge >= 0.3 is 0 Å². The van der Waals surface area contributed by atoms with Crippen LogP contribution in [0.15, 0.2) is 60.7 Å². The lowest BCUT2D eigenvalue weighted by molar-refractivity contribution is -0.0391. The zero-order valence-electron chi connectivity index (χ0n) is 20.1. The largest absolute Gasteiger partial charge is 0.493 e. The van der Waals surface area contributed by atoms with Crippen LogP contribution >= 0.6 is 0 Å². The van der Waals surface area contributed by atoms with Crippen LogP contribution in [-0.4, -0.2) is 27.4 Å². The number of benzene rings is 3. The zero-order valence-corrected chi connectivity index (χ0v) is 20.1. The highest BCUT2D eigenvalue weighted by molar-refractivity contribution is 5.54. The number of fused-ring (bicyclic) bond motifs is 3. The van der Waals surface area contributed by atoms with Crippen molar-refractivity contribution < 1.29 is 23.7 Å². The predicted molar refractivity (Wildman–Crippen MR) is 131 cm³/mol. The standard InChI is InChI=1S/C29H32O5/c1-30-26-15-20(13-14-25(26)33-18-19-9-5-4-6-10-19)29-23-17-28(32-3)27(31-2)16-22(23)21-11-7-8-12-24(21)34-29/h4-6,9-10,13-17,21,24,29H,7-8,11-12,18H2,1-3H3/t21-,24+,29-/m1/s1. The van der Waals surface area contributed by atoms with Crippen LogP contribution in [0.25, 0.3) is 0 Å². The zero-order chi connectivity index (χ0) is 23.5. The summed E-state index contributed by atoms with van der Waals surface area (Å²) in [6, 6.07) is 20.5. The second-order valence-electron chi connectivity index (χ2n) is 8.97. The lowest BCUT2D eigenvalue weighted by Gasteiger charge is -2.41. The Morgan fingerprint density at radius 3 is 2.15 bits per heavy atom. The van der Waals surface area contributed by atoms with E-state index in [9.17, 15) is 0 Å². The summed E-state index contributed by atoms with van der Waals surface area (Å²) in [6.07, 6.45) is 4.63. The molecule has 1 aliphatic heterocycles. The Morgan fingerprint density at radius 1 is 0.735 bits per heavy atom. The van der Waals surface area contributed by atoms with Crippen LogP contribution in [0.5, 0.6) is 23.0 Å². The molecule has 34 heavy (non-hydrogen) atoms. The molecule has 0 spiro atoms. The summed E-state index contributed by atoms with van der Waals surface area (Å²) >= 11 is 0. The summed E-state index contributed by atoms with van der Waals surface area (Å²) < 4.78 is 29.8. The third-order valence-electron chi connectivity index (χ3n) is 7.01. The molecule has 5 heteroatoms. The van der Waals surface area contributed by atoms with Crippen molar-refractivity contribution in [2.75, 3.05) is 21.3 Å². The third kappa shape index (κ3) is 4.32. The minimum Gasteiger partial charge on any atom is -0.493 e.